The third-order valence-corrected chi connectivity index (χ3v) is 1.99. The number of carbonyl (C=O) groups is 1. The molecule has 1 rings (SSSR count). The summed E-state index contributed by atoms with van der Waals surface area (Å²) >= 11 is 2.91. The van der Waals surface area contributed by atoms with E-state index in [4.69, 9.17) is 10.8 Å². The molecule has 0 aromatic heterocycles. The molecule has 0 unspecified atom stereocenters. The van der Waals surface area contributed by atoms with E-state index < -0.39 is 29.3 Å². The van der Waals surface area contributed by atoms with Crippen molar-refractivity contribution in [2.24, 2.45) is 0 Å². The number of hydrogen-bond acceptors (Lipinski definition) is 3. The van der Waals surface area contributed by atoms with Crippen molar-refractivity contribution in [2.45, 2.75) is 6.36 Å². The van der Waals surface area contributed by atoms with Crippen LogP contribution >= 0.6 is 15.9 Å². The molecule has 1 aromatic rings. The minimum atomic E-state index is -4.99. The maximum Gasteiger partial charge on any atom is 0.573 e. The van der Waals surface area contributed by atoms with E-state index >= 15 is 0 Å². The van der Waals surface area contributed by atoms with Gasteiger partial charge in [-0.2, -0.15) is 0 Å². The molecule has 16 heavy (non-hydrogen) atoms. The fourth-order valence-electron chi connectivity index (χ4n) is 1.00. The van der Waals surface area contributed by atoms with Gasteiger partial charge in [0, 0.05) is 4.47 Å². The highest BCUT2D eigenvalue weighted by Crippen LogP contribution is 2.34. The molecule has 1 aromatic carbocycles. The van der Waals surface area contributed by atoms with Crippen LogP contribution in [-0.2, 0) is 0 Å². The second-order valence-electron chi connectivity index (χ2n) is 2.72. The Hall–Kier alpha value is -1.44. The van der Waals surface area contributed by atoms with E-state index in [1.165, 1.54) is 0 Å². The number of nitrogen functional groups attached to an aromatic ring is 1. The lowest BCUT2D eigenvalue weighted by Crippen LogP contribution is -2.20. The number of carboxylic acids is 1. The quantitative estimate of drug-likeness (QED) is 0.824. The molecule has 88 valence electrons. The van der Waals surface area contributed by atoms with E-state index in [1.54, 1.807) is 0 Å². The van der Waals surface area contributed by atoms with Crippen LogP contribution in [0.2, 0.25) is 0 Å². The van der Waals surface area contributed by atoms with Gasteiger partial charge >= 0.3 is 12.3 Å². The number of nitrogens with two attached hydrogens (primary N) is 1. The van der Waals surface area contributed by atoms with E-state index in [2.05, 4.69) is 20.7 Å². The summed E-state index contributed by atoms with van der Waals surface area (Å²) in [5.74, 6) is -2.48. The SMILES string of the molecule is Nc1cc(Br)cc(C(=O)O)c1OC(F)(F)F. The summed E-state index contributed by atoms with van der Waals surface area (Å²) in [5.41, 5.74) is 4.17. The number of alkyl halides is 3. The topological polar surface area (TPSA) is 72.6 Å². The van der Waals surface area contributed by atoms with Crippen molar-refractivity contribution in [1.82, 2.24) is 0 Å². The molecule has 0 heterocycles. The molecule has 0 amide bonds. The Labute approximate surface area is 95.9 Å². The maximum absolute atomic E-state index is 12.0. The molecule has 0 aliphatic heterocycles. The lowest BCUT2D eigenvalue weighted by Gasteiger charge is -2.13. The van der Waals surface area contributed by atoms with Crippen LogP contribution in [-0.4, -0.2) is 17.4 Å². The molecule has 0 atom stereocenters. The second kappa shape index (κ2) is 4.20. The predicted molar refractivity (Wildman–Crippen MR) is 52.2 cm³/mol. The Morgan fingerprint density at radius 3 is 2.44 bits per heavy atom. The fourth-order valence-corrected chi connectivity index (χ4v) is 1.48. The van der Waals surface area contributed by atoms with Crippen molar-refractivity contribution < 1.29 is 27.8 Å². The van der Waals surface area contributed by atoms with Gasteiger partial charge in [-0.15, -0.1) is 13.2 Å². The van der Waals surface area contributed by atoms with E-state index in [-0.39, 0.29) is 4.47 Å². The highest BCUT2D eigenvalue weighted by atomic mass is 79.9. The van der Waals surface area contributed by atoms with Gasteiger partial charge in [0.2, 0.25) is 0 Å². The molecule has 0 radical (unpaired) electrons. The molecule has 0 spiro atoms. The Morgan fingerprint density at radius 2 is 2.00 bits per heavy atom. The maximum atomic E-state index is 12.0. The zero-order valence-corrected chi connectivity index (χ0v) is 9.09. The number of aromatic carboxylic acids is 1. The molecule has 4 nitrogen and oxygen atoms in total. The van der Waals surface area contributed by atoms with Gasteiger partial charge in [0.1, 0.15) is 5.56 Å². The third kappa shape index (κ3) is 3.02. The Morgan fingerprint density at radius 1 is 1.44 bits per heavy atom. The van der Waals surface area contributed by atoms with Crippen molar-refractivity contribution in [3.63, 3.8) is 0 Å². The summed E-state index contributed by atoms with van der Waals surface area (Å²) in [6.07, 6.45) is -4.99. The zero-order valence-electron chi connectivity index (χ0n) is 7.51. The molecular formula is C8H5BrF3NO3. The largest absolute Gasteiger partial charge is 0.573 e. The van der Waals surface area contributed by atoms with Crippen molar-refractivity contribution >= 4 is 27.6 Å². The molecule has 0 aliphatic rings. The van der Waals surface area contributed by atoms with Crippen LogP contribution in [0, 0.1) is 0 Å². The van der Waals surface area contributed by atoms with Gasteiger partial charge in [0.15, 0.2) is 5.75 Å². The summed E-state index contributed by atoms with van der Waals surface area (Å²) in [7, 11) is 0. The fraction of sp³-hybridized carbons (Fsp3) is 0.125. The number of rotatable bonds is 2. The van der Waals surface area contributed by atoms with Gasteiger partial charge in [-0.1, -0.05) is 15.9 Å². The third-order valence-electron chi connectivity index (χ3n) is 1.53. The van der Waals surface area contributed by atoms with Crippen LogP contribution in [0.25, 0.3) is 0 Å². The number of anilines is 1. The van der Waals surface area contributed by atoms with Gasteiger partial charge in [-0.3, -0.25) is 0 Å². The molecule has 0 saturated heterocycles. The Bertz CT molecular complexity index is 433. The van der Waals surface area contributed by atoms with Crippen molar-refractivity contribution in [1.29, 1.82) is 0 Å². The lowest BCUT2D eigenvalue weighted by atomic mass is 10.2. The predicted octanol–water partition coefficient (Wildman–Crippen LogP) is 2.63. The van der Waals surface area contributed by atoms with Gasteiger partial charge in [0.05, 0.1) is 5.69 Å². The van der Waals surface area contributed by atoms with E-state index in [9.17, 15) is 18.0 Å². The number of hydrogen-bond donors (Lipinski definition) is 2. The first kappa shape index (κ1) is 12.6. The van der Waals surface area contributed by atoms with E-state index in [0.29, 0.717) is 0 Å². The first-order valence-electron chi connectivity index (χ1n) is 3.79. The molecule has 0 fully saturated rings. The van der Waals surface area contributed by atoms with Crippen LogP contribution in [0.1, 0.15) is 10.4 Å². The van der Waals surface area contributed by atoms with Gasteiger partial charge < -0.3 is 15.6 Å². The van der Waals surface area contributed by atoms with E-state index in [1.807, 2.05) is 0 Å². The zero-order chi connectivity index (χ0) is 12.5. The van der Waals surface area contributed by atoms with Gasteiger partial charge in [-0.05, 0) is 12.1 Å². The molecule has 3 N–H and O–H groups in total. The highest BCUT2D eigenvalue weighted by molar-refractivity contribution is 9.10. The number of halogens is 4. The molecule has 0 saturated carbocycles. The van der Waals surface area contributed by atoms with E-state index in [0.717, 1.165) is 12.1 Å². The normalized spacial score (nSPS) is 11.2. The molecule has 0 bridgehead atoms. The first-order valence-corrected chi connectivity index (χ1v) is 4.58. The van der Waals surface area contributed by atoms with Crippen molar-refractivity contribution in [3.05, 3.63) is 22.2 Å². The average Bonchev–Trinajstić information content (AvgIpc) is 2.07. The smallest absolute Gasteiger partial charge is 0.478 e. The second-order valence-corrected chi connectivity index (χ2v) is 3.64. The molecular weight excluding hydrogens is 295 g/mol. The van der Waals surface area contributed by atoms with Crippen LogP contribution in [0.15, 0.2) is 16.6 Å². The van der Waals surface area contributed by atoms with Gasteiger partial charge in [0.25, 0.3) is 0 Å². The number of carboxylic acid groups (broad SMARTS) is 1. The van der Waals surface area contributed by atoms with Crippen molar-refractivity contribution in [3.8, 4) is 5.75 Å². The monoisotopic (exact) mass is 299 g/mol. The minimum Gasteiger partial charge on any atom is -0.478 e. The van der Waals surface area contributed by atoms with Gasteiger partial charge in [-0.25, -0.2) is 4.79 Å². The van der Waals surface area contributed by atoms with Crippen LogP contribution < -0.4 is 10.5 Å². The number of ether oxygens (including phenoxy) is 1. The first-order chi connectivity index (χ1) is 7.20. The summed E-state index contributed by atoms with van der Waals surface area (Å²) < 4.78 is 39.7. The summed E-state index contributed by atoms with van der Waals surface area (Å²) in [6.45, 7) is 0. The Balaban J connectivity index is 3.30. The molecule has 0 aliphatic carbocycles. The summed E-state index contributed by atoms with van der Waals surface area (Å²) in [4.78, 5) is 10.7. The van der Waals surface area contributed by atoms with Crippen LogP contribution in [0.4, 0.5) is 18.9 Å². The number of benzene rings is 1. The van der Waals surface area contributed by atoms with Crippen LogP contribution in [0.3, 0.4) is 0 Å². The summed E-state index contributed by atoms with van der Waals surface area (Å²) in [6, 6.07) is 2.09. The Kier molecular flexibility index (Phi) is 3.32. The van der Waals surface area contributed by atoms with Crippen molar-refractivity contribution in [2.75, 3.05) is 5.73 Å². The summed E-state index contributed by atoms with van der Waals surface area (Å²) in [5, 5.41) is 8.69. The van der Waals surface area contributed by atoms with Crippen LogP contribution in [0.5, 0.6) is 5.75 Å². The standard InChI is InChI=1S/C8H5BrF3NO3/c9-3-1-4(7(14)15)6(5(13)2-3)16-8(10,11)12/h1-2H,13H2,(H,14,15). The average molecular weight is 300 g/mol. The minimum absolute atomic E-state index is 0.247. The lowest BCUT2D eigenvalue weighted by molar-refractivity contribution is -0.274. The highest BCUT2D eigenvalue weighted by Gasteiger charge is 2.34. The molecule has 8 heteroatoms.